The summed E-state index contributed by atoms with van der Waals surface area (Å²) in [6.07, 6.45) is 0.502. The van der Waals surface area contributed by atoms with Crippen LogP contribution in [0.4, 0.5) is 0 Å². The van der Waals surface area contributed by atoms with Gasteiger partial charge in [0, 0.05) is 27.2 Å². The minimum atomic E-state index is -0.365. The number of nitrogens with zero attached hydrogens (tertiary/aromatic N) is 3. The molecule has 0 aliphatic carbocycles. The normalized spacial score (nSPS) is 16.3. The zero-order valence-electron chi connectivity index (χ0n) is 20.1. The molecule has 2 aliphatic heterocycles. The van der Waals surface area contributed by atoms with Gasteiger partial charge in [-0.15, -0.1) is 0 Å². The first-order valence-corrected chi connectivity index (χ1v) is 11.2. The van der Waals surface area contributed by atoms with Crippen LogP contribution in [0.25, 0.3) is 0 Å². The summed E-state index contributed by atoms with van der Waals surface area (Å²) in [4.78, 5) is 27.4. The van der Waals surface area contributed by atoms with Crippen molar-refractivity contribution >= 4 is 17.5 Å². The Morgan fingerprint density at radius 1 is 1.06 bits per heavy atom. The van der Waals surface area contributed by atoms with Crippen LogP contribution < -0.4 is 14.2 Å². The summed E-state index contributed by atoms with van der Waals surface area (Å²) in [5.74, 6) is 1.42. The van der Waals surface area contributed by atoms with Gasteiger partial charge in [-0.25, -0.2) is 5.01 Å². The molecular weight excluding hydrogens is 454 g/mol. The first-order valence-electron chi connectivity index (χ1n) is 11.2. The molecule has 0 saturated carbocycles. The second-order valence-electron chi connectivity index (χ2n) is 8.09. The molecule has 35 heavy (non-hydrogen) atoms. The van der Waals surface area contributed by atoms with Crippen molar-refractivity contribution in [3.05, 3.63) is 53.6 Å². The second kappa shape index (κ2) is 11.2. The zero-order chi connectivity index (χ0) is 24.8. The van der Waals surface area contributed by atoms with Crippen LogP contribution in [0, 0.1) is 0 Å². The first kappa shape index (κ1) is 24.5. The number of amides is 2. The predicted molar refractivity (Wildman–Crippen MR) is 127 cm³/mol. The molecule has 10 nitrogen and oxygen atoms in total. The quantitative estimate of drug-likeness (QED) is 0.511. The molecule has 0 saturated heterocycles. The number of hydrazone groups is 1. The molecular formula is C25H29N3O7. The van der Waals surface area contributed by atoms with Crippen molar-refractivity contribution in [2.24, 2.45) is 5.10 Å². The van der Waals surface area contributed by atoms with Gasteiger partial charge in [0.05, 0.1) is 25.5 Å². The van der Waals surface area contributed by atoms with E-state index in [1.165, 1.54) is 17.0 Å². The fourth-order valence-electron chi connectivity index (χ4n) is 4.02. The standard InChI is InChI=1S/C25H29N3O7/c1-31-11-10-27(25(30)15-32-2)14-24(29)28-21(18-6-9-22-23(12-18)35-16-34-22)13-20(26-28)17-4-7-19(33-3)8-5-17/h4-9,12,21H,10-11,13-16H2,1-3H3/t21-/m0/s1. The van der Waals surface area contributed by atoms with E-state index in [1.54, 1.807) is 14.2 Å². The van der Waals surface area contributed by atoms with Crippen LogP contribution in [0.5, 0.6) is 17.2 Å². The number of hydrogen-bond acceptors (Lipinski definition) is 8. The summed E-state index contributed by atoms with van der Waals surface area (Å²) in [7, 11) is 4.59. The van der Waals surface area contributed by atoms with Gasteiger partial charge in [-0.05, 0) is 47.5 Å². The molecule has 2 aliphatic rings. The molecule has 10 heteroatoms. The number of fused-ring (bicyclic) bond motifs is 1. The van der Waals surface area contributed by atoms with E-state index in [2.05, 4.69) is 0 Å². The Hall–Kier alpha value is -3.63. The Labute approximate surface area is 203 Å². The van der Waals surface area contributed by atoms with E-state index in [-0.39, 0.29) is 44.3 Å². The molecule has 2 aromatic rings. The van der Waals surface area contributed by atoms with Crippen molar-refractivity contribution in [3.63, 3.8) is 0 Å². The second-order valence-corrected chi connectivity index (χ2v) is 8.09. The van der Waals surface area contributed by atoms with Crippen LogP contribution >= 0.6 is 0 Å². The molecule has 186 valence electrons. The number of methoxy groups -OCH3 is 3. The maximum atomic E-state index is 13.5. The van der Waals surface area contributed by atoms with Crippen LogP contribution in [-0.4, -0.2) is 81.9 Å². The van der Waals surface area contributed by atoms with Crippen molar-refractivity contribution in [1.82, 2.24) is 9.91 Å². The molecule has 0 radical (unpaired) electrons. The molecule has 0 aromatic heterocycles. The lowest BCUT2D eigenvalue weighted by Crippen LogP contribution is -2.44. The van der Waals surface area contributed by atoms with Crippen LogP contribution in [0.3, 0.4) is 0 Å². The third kappa shape index (κ3) is 5.55. The van der Waals surface area contributed by atoms with Crippen molar-refractivity contribution in [2.45, 2.75) is 12.5 Å². The molecule has 0 N–H and O–H groups in total. The summed E-state index contributed by atoms with van der Waals surface area (Å²) >= 11 is 0. The van der Waals surface area contributed by atoms with Crippen LogP contribution in [0.1, 0.15) is 23.6 Å². The van der Waals surface area contributed by atoms with Gasteiger partial charge in [-0.1, -0.05) is 6.07 Å². The Bertz CT molecular complexity index is 1090. The number of benzene rings is 2. The number of hydrogen-bond donors (Lipinski definition) is 0. The highest BCUT2D eigenvalue weighted by Gasteiger charge is 2.35. The highest BCUT2D eigenvalue weighted by atomic mass is 16.7. The minimum absolute atomic E-state index is 0.122. The maximum absolute atomic E-state index is 13.5. The number of ether oxygens (including phenoxy) is 5. The zero-order valence-corrected chi connectivity index (χ0v) is 20.1. The fraction of sp³-hybridized carbons (Fsp3) is 0.400. The van der Waals surface area contributed by atoms with Gasteiger partial charge in [0.1, 0.15) is 18.9 Å². The molecule has 2 heterocycles. The van der Waals surface area contributed by atoms with Gasteiger partial charge in [-0.3, -0.25) is 9.59 Å². The van der Waals surface area contributed by atoms with Gasteiger partial charge >= 0.3 is 0 Å². The number of carbonyl (C=O) groups is 2. The minimum Gasteiger partial charge on any atom is -0.497 e. The molecule has 0 bridgehead atoms. The van der Waals surface area contributed by atoms with Gasteiger partial charge < -0.3 is 28.6 Å². The summed E-state index contributed by atoms with van der Waals surface area (Å²) in [5.41, 5.74) is 2.51. The fourth-order valence-corrected chi connectivity index (χ4v) is 4.02. The van der Waals surface area contributed by atoms with Crippen LogP contribution in [-0.2, 0) is 19.1 Å². The lowest BCUT2D eigenvalue weighted by atomic mass is 9.98. The number of rotatable bonds is 10. The van der Waals surface area contributed by atoms with Crippen molar-refractivity contribution in [3.8, 4) is 17.2 Å². The summed E-state index contributed by atoms with van der Waals surface area (Å²) in [6.45, 7) is 0.460. The Morgan fingerprint density at radius 2 is 1.83 bits per heavy atom. The average Bonchev–Trinajstić information content (AvgIpc) is 3.53. The maximum Gasteiger partial charge on any atom is 0.262 e. The molecule has 0 fully saturated rings. The van der Waals surface area contributed by atoms with E-state index in [1.807, 2.05) is 42.5 Å². The Morgan fingerprint density at radius 3 is 2.54 bits per heavy atom. The van der Waals surface area contributed by atoms with Gasteiger partial charge in [-0.2, -0.15) is 5.10 Å². The SMILES string of the molecule is COCCN(CC(=O)N1N=C(c2ccc(OC)cc2)C[C@H]1c1ccc2c(c1)OCO2)C(=O)COC. The van der Waals surface area contributed by atoms with E-state index in [0.717, 1.165) is 22.6 Å². The first-order chi connectivity index (χ1) is 17.0. The van der Waals surface area contributed by atoms with Crippen LogP contribution in [0.2, 0.25) is 0 Å². The third-order valence-electron chi connectivity index (χ3n) is 5.88. The molecule has 1 atom stereocenters. The van der Waals surface area contributed by atoms with Crippen molar-refractivity contribution < 1.29 is 33.3 Å². The average molecular weight is 484 g/mol. The number of carbonyl (C=O) groups excluding carboxylic acids is 2. The highest BCUT2D eigenvalue weighted by Crippen LogP contribution is 2.39. The lowest BCUT2D eigenvalue weighted by Gasteiger charge is -2.27. The smallest absolute Gasteiger partial charge is 0.262 e. The predicted octanol–water partition coefficient (Wildman–Crippen LogP) is 2.22. The molecule has 2 aromatic carbocycles. The summed E-state index contributed by atoms with van der Waals surface area (Å²) in [6, 6.07) is 12.8. The largest absolute Gasteiger partial charge is 0.497 e. The Balaban J connectivity index is 1.62. The monoisotopic (exact) mass is 483 g/mol. The van der Waals surface area contributed by atoms with Crippen molar-refractivity contribution in [1.29, 1.82) is 0 Å². The summed E-state index contributed by atoms with van der Waals surface area (Å²) < 4.78 is 26.3. The Kier molecular flexibility index (Phi) is 7.84. The van der Waals surface area contributed by atoms with E-state index in [0.29, 0.717) is 24.5 Å². The third-order valence-corrected chi connectivity index (χ3v) is 5.88. The molecule has 4 rings (SSSR count). The van der Waals surface area contributed by atoms with E-state index < -0.39 is 0 Å². The van der Waals surface area contributed by atoms with E-state index in [4.69, 9.17) is 28.8 Å². The molecule has 0 spiro atoms. The van der Waals surface area contributed by atoms with Gasteiger partial charge in [0.15, 0.2) is 11.5 Å². The summed E-state index contributed by atoms with van der Waals surface area (Å²) in [5, 5.41) is 6.15. The van der Waals surface area contributed by atoms with Crippen LogP contribution in [0.15, 0.2) is 47.6 Å². The molecule has 0 unspecified atom stereocenters. The van der Waals surface area contributed by atoms with E-state index >= 15 is 0 Å². The van der Waals surface area contributed by atoms with Gasteiger partial charge in [0.2, 0.25) is 12.7 Å². The van der Waals surface area contributed by atoms with Crippen molar-refractivity contribution in [2.75, 3.05) is 54.4 Å². The highest BCUT2D eigenvalue weighted by molar-refractivity contribution is 6.03. The topological polar surface area (TPSA) is 99.1 Å². The van der Waals surface area contributed by atoms with Gasteiger partial charge in [0.25, 0.3) is 5.91 Å². The molecule has 2 amide bonds. The van der Waals surface area contributed by atoms with E-state index in [9.17, 15) is 9.59 Å². The lowest BCUT2D eigenvalue weighted by molar-refractivity contribution is -0.144.